The van der Waals surface area contributed by atoms with E-state index in [9.17, 15) is 9.59 Å². The van der Waals surface area contributed by atoms with Gasteiger partial charge in [-0.25, -0.2) is 0 Å². The third kappa shape index (κ3) is 1.05. The molecule has 1 rings (SSSR count). The fourth-order valence-corrected chi connectivity index (χ4v) is 0.492. The van der Waals surface area contributed by atoms with Crippen LogP contribution in [0.3, 0.4) is 0 Å². The summed E-state index contributed by atoms with van der Waals surface area (Å²) in [6, 6.07) is 1.38. The Kier molecular flexibility index (Phi) is 1.44. The van der Waals surface area contributed by atoms with Gasteiger partial charge in [0.1, 0.15) is 6.26 Å². The quantitative estimate of drug-likeness (QED) is 0.550. The molecule has 3 nitrogen and oxygen atoms in total. The van der Waals surface area contributed by atoms with Crippen LogP contribution in [-0.2, 0) is 0 Å². The molecule has 1 heterocycles. The van der Waals surface area contributed by atoms with Crippen molar-refractivity contribution < 1.29 is 14.0 Å². The monoisotopic (exact) mass is 124 g/mol. The second-order valence-corrected chi connectivity index (χ2v) is 1.52. The topological polar surface area (TPSA) is 47.3 Å². The third-order valence-corrected chi connectivity index (χ3v) is 0.892. The molecule has 0 fully saturated rings. The Morgan fingerprint density at radius 3 is 2.44 bits per heavy atom. The van der Waals surface area contributed by atoms with Gasteiger partial charge in [-0.1, -0.05) is 0 Å². The smallest absolute Gasteiger partial charge is 0.185 e. The van der Waals surface area contributed by atoms with E-state index in [-0.39, 0.29) is 5.76 Å². The second kappa shape index (κ2) is 2.26. The molecule has 0 atom stereocenters. The third-order valence-electron chi connectivity index (χ3n) is 0.892. The van der Waals surface area contributed by atoms with Gasteiger partial charge in [-0.3, -0.25) is 9.59 Å². The minimum Gasteiger partial charge on any atom is -0.461 e. The first-order valence-corrected chi connectivity index (χ1v) is 2.35. The summed E-state index contributed by atoms with van der Waals surface area (Å²) < 4.78 is 4.61. The second-order valence-electron chi connectivity index (χ2n) is 1.52. The van der Waals surface area contributed by atoms with Gasteiger partial charge in [-0.05, 0) is 6.07 Å². The van der Waals surface area contributed by atoms with Crippen LogP contribution in [0, 0.1) is 0 Å². The lowest BCUT2D eigenvalue weighted by molar-refractivity contribution is 0.109. The van der Waals surface area contributed by atoms with Gasteiger partial charge in [0.25, 0.3) is 0 Å². The Morgan fingerprint density at radius 2 is 2.11 bits per heavy atom. The molecular weight excluding hydrogens is 120 g/mol. The summed E-state index contributed by atoms with van der Waals surface area (Å²) in [4.78, 5) is 19.9. The van der Waals surface area contributed by atoms with Gasteiger partial charge in [-0.15, -0.1) is 0 Å². The maximum atomic E-state index is 9.96. The highest BCUT2D eigenvalue weighted by Crippen LogP contribution is 2.01. The fraction of sp³-hybridized carbons (Fsp3) is 0. The fourth-order valence-electron chi connectivity index (χ4n) is 0.492. The molecule has 0 amide bonds. The highest BCUT2D eigenvalue weighted by molar-refractivity contribution is 5.79. The Hall–Kier alpha value is -1.38. The number of rotatable bonds is 2. The molecule has 0 bridgehead atoms. The van der Waals surface area contributed by atoms with Gasteiger partial charge >= 0.3 is 0 Å². The van der Waals surface area contributed by atoms with E-state index >= 15 is 0 Å². The van der Waals surface area contributed by atoms with Crippen molar-refractivity contribution in [2.24, 2.45) is 0 Å². The molecule has 0 saturated heterocycles. The Balaban J connectivity index is 2.98. The summed E-state index contributed by atoms with van der Waals surface area (Å²) in [7, 11) is 0. The van der Waals surface area contributed by atoms with E-state index in [4.69, 9.17) is 0 Å². The van der Waals surface area contributed by atoms with Crippen molar-refractivity contribution in [3.63, 3.8) is 0 Å². The highest BCUT2D eigenvalue weighted by Gasteiger charge is 1.96. The molecule has 46 valence electrons. The molecule has 1 aromatic rings. The average Bonchev–Trinajstić information content (AvgIpc) is 2.34. The summed E-state index contributed by atoms with van der Waals surface area (Å²) in [5, 5.41) is 0. The van der Waals surface area contributed by atoms with Crippen molar-refractivity contribution in [3.8, 4) is 0 Å². The largest absolute Gasteiger partial charge is 0.461 e. The molecule has 0 saturated carbocycles. The van der Waals surface area contributed by atoms with Crippen LogP contribution in [0.1, 0.15) is 20.9 Å². The molecule has 3 heteroatoms. The predicted octanol–water partition coefficient (Wildman–Crippen LogP) is 0.905. The zero-order valence-corrected chi connectivity index (χ0v) is 4.53. The van der Waals surface area contributed by atoms with Gasteiger partial charge in [0.2, 0.25) is 0 Å². The maximum absolute atomic E-state index is 9.96. The van der Waals surface area contributed by atoms with Crippen LogP contribution in [0.4, 0.5) is 0 Å². The molecule has 0 aliphatic carbocycles. The Bertz CT molecular complexity index is 201. The first kappa shape index (κ1) is 5.75. The maximum Gasteiger partial charge on any atom is 0.185 e. The van der Waals surface area contributed by atoms with Crippen LogP contribution in [0.2, 0.25) is 0 Å². The molecule has 0 unspecified atom stereocenters. The summed E-state index contributed by atoms with van der Waals surface area (Å²) in [6.07, 6.45) is 2.40. The van der Waals surface area contributed by atoms with Crippen LogP contribution >= 0.6 is 0 Å². The van der Waals surface area contributed by atoms with E-state index in [0.29, 0.717) is 18.1 Å². The summed E-state index contributed by atoms with van der Waals surface area (Å²) in [6.45, 7) is 0. The van der Waals surface area contributed by atoms with E-state index in [2.05, 4.69) is 4.42 Å². The molecule has 1 aromatic heterocycles. The molecule has 0 spiro atoms. The van der Waals surface area contributed by atoms with Crippen LogP contribution in [0.15, 0.2) is 16.7 Å². The molecule has 0 radical (unpaired) electrons. The van der Waals surface area contributed by atoms with E-state index in [1.165, 1.54) is 12.3 Å². The first-order valence-electron chi connectivity index (χ1n) is 2.35. The van der Waals surface area contributed by atoms with Crippen LogP contribution in [0.5, 0.6) is 0 Å². The standard InChI is InChI=1S/C6H4O3/c7-2-5-1-6(3-8)9-4-5/h1-4H. The number of furan rings is 1. The van der Waals surface area contributed by atoms with E-state index in [1.54, 1.807) is 0 Å². The Morgan fingerprint density at radius 1 is 1.33 bits per heavy atom. The van der Waals surface area contributed by atoms with Crippen molar-refractivity contribution in [2.45, 2.75) is 0 Å². The number of aldehydes is 2. The number of carbonyl (C=O) groups is 2. The van der Waals surface area contributed by atoms with E-state index < -0.39 is 0 Å². The zero-order chi connectivity index (χ0) is 6.69. The summed E-state index contributed by atoms with van der Waals surface area (Å²) >= 11 is 0. The van der Waals surface area contributed by atoms with E-state index in [1.807, 2.05) is 0 Å². The van der Waals surface area contributed by atoms with Crippen LogP contribution < -0.4 is 0 Å². The SMILES string of the molecule is O=Cc1coc(C=O)c1. The highest BCUT2D eigenvalue weighted by atomic mass is 16.3. The van der Waals surface area contributed by atoms with Crippen molar-refractivity contribution in [3.05, 3.63) is 23.7 Å². The van der Waals surface area contributed by atoms with E-state index in [0.717, 1.165) is 0 Å². The lowest BCUT2D eigenvalue weighted by Gasteiger charge is -1.68. The van der Waals surface area contributed by atoms with Crippen LogP contribution in [-0.4, -0.2) is 12.6 Å². The minimum absolute atomic E-state index is 0.178. The van der Waals surface area contributed by atoms with Gasteiger partial charge in [0.05, 0.1) is 5.56 Å². The zero-order valence-electron chi connectivity index (χ0n) is 4.53. The van der Waals surface area contributed by atoms with Gasteiger partial charge in [0, 0.05) is 0 Å². The van der Waals surface area contributed by atoms with Gasteiger partial charge < -0.3 is 4.42 Å². The Labute approximate surface area is 51.3 Å². The molecular formula is C6H4O3. The summed E-state index contributed by atoms with van der Waals surface area (Å²) in [5.41, 5.74) is 0.386. The lowest BCUT2D eigenvalue weighted by Crippen LogP contribution is -1.70. The molecule has 9 heavy (non-hydrogen) atoms. The molecule has 0 aliphatic heterocycles. The predicted molar refractivity (Wildman–Crippen MR) is 29.5 cm³/mol. The van der Waals surface area contributed by atoms with Crippen molar-refractivity contribution >= 4 is 12.6 Å². The number of hydrogen-bond donors (Lipinski definition) is 0. The van der Waals surface area contributed by atoms with Crippen LogP contribution in [0.25, 0.3) is 0 Å². The lowest BCUT2D eigenvalue weighted by atomic mass is 10.3. The number of hydrogen-bond acceptors (Lipinski definition) is 3. The van der Waals surface area contributed by atoms with Gasteiger partial charge in [0.15, 0.2) is 18.3 Å². The average molecular weight is 124 g/mol. The molecule has 0 aliphatic rings. The first-order chi connectivity index (χ1) is 4.36. The van der Waals surface area contributed by atoms with Crippen molar-refractivity contribution in [2.75, 3.05) is 0 Å². The van der Waals surface area contributed by atoms with Gasteiger partial charge in [-0.2, -0.15) is 0 Å². The molecule has 0 aromatic carbocycles. The molecule has 0 N–H and O–H groups in total. The normalized spacial score (nSPS) is 8.89. The van der Waals surface area contributed by atoms with Crippen molar-refractivity contribution in [1.29, 1.82) is 0 Å². The minimum atomic E-state index is 0.178. The van der Waals surface area contributed by atoms with Crippen molar-refractivity contribution in [1.82, 2.24) is 0 Å². The summed E-state index contributed by atoms with van der Waals surface area (Å²) in [5.74, 6) is 0.178. The number of carbonyl (C=O) groups excluding carboxylic acids is 2.